The van der Waals surface area contributed by atoms with Gasteiger partial charge in [-0.3, -0.25) is 0 Å². The van der Waals surface area contributed by atoms with Gasteiger partial charge in [0.05, 0.1) is 17.3 Å². The van der Waals surface area contributed by atoms with E-state index >= 15 is 0 Å². The van der Waals surface area contributed by atoms with Gasteiger partial charge in [-0.15, -0.1) is 0 Å². The van der Waals surface area contributed by atoms with Crippen LogP contribution in [0.3, 0.4) is 0 Å². The van der Waals surface area contributed by atoms with Gasteiger partial charge in [0.2, 0.25) is 5.88 Å². The fourth-order valence-corrected chi connectivity index (χ4v) is 1.45. The molecule has 0 saturated heterocycles. The van der Waals surface area contributed by atoms with Gasteiger partial charge in [-0.2, -0.15) is 0 Å². The maximum absolute atomic E-state index is 5.76. The first kappa shape index (κ1) is 11.7. The number of nitrogens with two attached hydrogens (primary N) is 1. The van der Waals surface area contributed by atoms with Crippen LogP contribution in [0.2, 0.25) is 0 Å². The molecular formula is C10H10BrN5O. The number of aryl methyl sites for hydroxylation is 1. The second-order valence-electron chi connectivity index (χ2n) is 3.28. The van der Waals surface area contributed by atoms with Crippen molar-refractivity contribution in [3.8, 4) is 17.4 Å². The Morgan fingerprint density at radius 3 is 2.71 bits per heavy atom. The average Bonchev–Trinajstić information content (AvgIpc) is 2.35. The van der Waals surface area contributed by atoms with E-state index < -0.39 is 0 Å². The lowest BCUT2D eigenvalue weighted by molar-refractivity contribution is 0.397. The Bertz CT molecular complexity index is 537. The highest BCUT2D eigenvalue weighted by atomic mass is 79.9. The highest BCUT2D eigenvalue weighted by Gasteiger charge is 2.10. The van der Waals surface area contributed by atoms with E-state index in [9.17, 15) is 0 Å². The summed E-state index contributed by atoms with van der Waals surface area (Å²) in [6, 6.07) is 1.65. The maximum Gasteiger partial charge on any atom is 0.216 e. The minimum absolute atomic E-state index is 0.380. The van der Waals surface area contributed by atoms with Gasteiger partial charge in [0.15, 0.2) is 5.82 Å². The van der Waals surface area contributed by atoms with Crippen LogP contribution in [-0.4, -0.2) is 27.0 Å². The third-order valence-electron chi connectivity index (χ3n) is 2.12. The highest BCUT2D eigenvalue weighted by Crippen LogP contribution is 2.24. The molecule has 2 heterocycles. The zero-order valence-corrected chi connectivity index (χ0v) is 10.9. The van der Waals surface area contributed by atoms with Crippen LogP contribution in [0.5, 0.6) is 5.88 Å². The molecule has 0 spiro atoms. The molecule has 88 valence electrons. The van der Waals surface area contributed by atoms with E-state index in [4.69, 9.17) is 10.5 Å². The molecule has 2 N–H and O–H groups in total. The summed E-state index contributed by atoms with van der Waals surface area (Å²) < 4.78 is 5.71. The van der Waals surface area contributed by atoms with Gasteiger partial charge in [0.1, 0.15) is 17.8 Å². The van der Waals surface area contributed by atoms with Gasteiger partial charge >= 0.3 is 0 Å². The topological polar surface area (TPSA) is 86.8 Å². The van der Waals surface area contributed by atoms with Crippen molar-refractivity contribution in [2.45, 2.75) is 6.92 Å². The molecule has 0 aromatic carbocycles. The molecule has 0 aliphatic heterocycles. The van der Waals surface area contributed by atoms with Crippen LogP contribution in [0, 0.1) is 6.92 Å². The zero-order chi connectivity index (χ0) is 12.4. The van der Waals surface area contributed by atoms with E-state index in [0.29, 0.717) is 27.7 Å². The summed E-state index contributed by atoms with van der Waals surface area (Å²) in [6.45, 7) is 1.84. The molecule has 0 fully saturated rings. The average molecular weight is 296 g/mol. The van der Waals surface area contributed by atoms with Crippen LogP contribution in [0.1, 0.15) is 5.69 Å². The number of methoxy groups -OCH3 is 1. The Morgan fingerprint density at radius 2 is 2.06 bits per heavy atom. The number of aromatic nitrogens is 4. The standard InChI is InChI=1S/C10H10BrN5O/c1-5-8(11)9(12)16-10(15-5)6-3-7(17-2)14-4-13-6/h3-4H,1-2H3,(H2,12,15,16). The van der Waals surface area contributed by atoms with Crippen molar-refractivity contribution in [1.29, 1.82) is 0 Å². The second-order valence-corrected chi connectivity index (χ2v) is 4.07. The molecule has 0 atom stereocenters. The number of ether oxygens (including phenoxy) is 1. The smallest absolute Gasteiger partial charge is 0.216 e. The SMILES string of the molecule is COc1cc(-c2nc(C)c(Br)c(N)n2)ncn1. The van der Waals surface area contributed by atoms with Gasteiger partial charge in [0, 0.05) is 6.07 Å². The lowest BCUT2D eigenvalue weighted by Crippen LogP contribution is -2.01. The summed E-state index contributed by atoms with van der Waals surface area (Å²) >= 11 is 3.31. The molecule has 6 nitrogen and oxygen atoms in total. The molecule has 0 aliphatic carbocycles. The number of nitrogen functional groups attached to an aromatic ring is 1. The number of anilines is 1. The lowest BCUT2D eigenvalue weighted by Gasteiger charge is -2.05. The highest BCUT2D eigenvalue weighted by molar-refractivity contribution is 9.10. The number of hydrogen-bond acceptors (Lipinski definition) is 6. The fraction of sp³-hybridized carbons (Fsp3) is 0.200. The minimum Gasteiger partial charge on any atom is -0.481 e. The van der Waals surface area contributed by atoms with Crippen LogP contribution >= 0.6 is 15.9 Å². The first-order valence-electron chi connectivity index (χ1n) is 4.78. The molecule has 17 heavy (non-hydrogen) atoms. The van der Waals surface area contributed by atoms with Crippen LogP contribution < -0.4 is 10.5 Å². The molecule has 0 aliphatic rings. The van der Waals surface area contributed by atoms with Gasteiger partial charge in [0.25, 0.3) is 0 Å². The van der Waals surface area contributed by atoms with Crippen LogP contribution in [0.15, 0.2) is 16.9 Å². The molecule has 0 saturated carbocycles. The van der Waals surface area contributed by atoms with Gasteiger partial charge < -0.3 is 10.5 Å². The number of nitrogens with zero attached hydrogens (tertiary/aromatic N) is 4. The quantitative estimate of drug-likeness (QED) is 0.905. The monoisotopic (exact) mass is 295 g/mol. The number of hydrogen-bond donors (Lipinski definition) is 1. The van der Waals surface area contributed by atoms with E-state index in [1.165, 1.54) is 13.4 Å². The predicted molar refractivity (Wildman–Crippen MR) is 66.5 cm³/mol. The Balaban J connectivity index is 2.52. The van der Waals surface area contributed by atoms with Crippen molar-refractivity contribution < 1.29 is 4.74 Å². The van der Waals surface area contributed by atoms with Crippen molar-refractivity contribution in [3.63, 3.8) is 0 Å². The van der Waals surface area contributed by atoms with Crippen LogP contribution in [-0.2, 0) is 0 Å². The summed E-state index contributed by atoms with van der Waals surface area (Å²) in [5, 5.41) is 0. The fourth-order valence-electron chi connectivity index (χ4n) is 1.27. The summed E-state index contributed by atoms with van der Waals surface area (Å²) in [4.78, 5) is 16.4. The largest absolute Gasteiger partial charge is 0.481 e. The van der Waals surface area contributed by atoms with E-state index in [1.807, 2.05) is 6.92 Å². The van der Waals surface area contributed by atoms with E-state index in [-0.39, 0.29) is 0 Å². The summed E-state index contributed by atoms with van der Waals surface area (Å²) in [6.07, 6.45) is 1.39. The van der Waals surface area contributed by atoms with E-state index in [2.05, 4.69) is 35.9 Å². The molecule has 0 radical (unpaired) electrons. The normalized spacial score (nSPS) is 10.3. The van der Waals surface area contributed by atoms with Crippen LogP contribution in [0.4, 0.5) is 5.82 Å². The molecular weight excluding hydrogens is 286 g/mol. The van der Waals surface area contributed by atoms with E-state index in [0.717, 1.165) is 5.69 Å². The van der Waals surface area contributed by atoms with Crippen molar-refractivity contribution >= 4 is 21.7 Å². The third-order valence-corrected chi connectivity index (χ3v) is 3.10. The maximum atomic E-state index is 5.76. The first-order chi connectivity index (χ1) is 8.11. The Morgan fingerprint density at radius 1 is 1.29 bits per heavy atom. The molecule has 2 aromatic rings. The predicted octanol–water partition coefficient (Wildman–Crippen LogP) is 1.60. The van der Waals surface area contributed by atoms with Crippen molar-refractivity contribution in [3.05, 3.63) is 22.6 Å². The van der Waals surface area contributed by atoms with Gasteiger partial charge in [-0.05, 0) is 22.9 Å². The van der Waals surface area contributed by atoms with Crippen molar-refractivity contribution in [1.82, 2.24) is 19.9 Å². The third kappa shape index (κ3) is 2.33. The minimum atomic E-state index is 0.380. The second kappa shape index (κ2) is 4.62. The van der Waals surface area contributed by atoms with E-state index in [1.54, 1.807) is 6.07 Å². The van der Waals surface area contributed by atoms with Gasteiger partial charge in [-0.25, -0.2) is 19.9 Å². The molecule has 0 amide bonds. The summed E-state index contributed by atoms with van der Waals surface area (Å²) in [7, 11) is 1.54. The molecule has 2 aromatic heterocycles. The first-order valence-corrected chi connectivity index (χ1v) is 5.57. The molecule has 2 rings (SSSR count). The number of halogens is 1. The lowest BCUT2D eigenvalue weighted by atomic mass is 10.3. The van der Waals surface area contributed by atoms with Crippen LogP contribution in [0.25, 0.3) is 11.5 Å². The zero-order valence-electron chi connectivity index (χ0n) is 9.31. The van der Waals surface area contributed by atoms with Gasteiger partial charge in [-0.1, -0.05) is 0 Å². The molecule has 7 heteroatoms. The summed E-state index contributed by atoms with van der Waals surface area (Å²) in [5.74, 6) is 1.28. The summed E-state index contributed by atoms with van der Waals surface area (Å²) in [5.41, 5.74) is 7.08. The Hall–Kier alpha value is -1.76. The Labute approximate surface area is 106 Å². The molecule has 0 unspecified atom stereocenters. The van der Waals surface area contributed by atoms with Crippen molar-refractivity contribution in [2.24, 2.45) is 0 Å². The number of rotatable bonds is 2. The van der Waals surface area contributed by atoms with Crippen molar-refractivity contribution in [2.75, 3.05) is 12.8 Å². The Kier molecular flexibility index (Phi) is 3.19. The molecule has 0 bridgehead atoms.